The van der Waals surface area contributed by atoms with Gasteiger partial charge in [0, 0.05) is 0 Å². The van der Waals surface area contributed by atoms with Gasteiger partial charge < -0.3 is 0 Å². The van der Waals surface area contributed by atoms with Gasteiger partial charge in [-0.05, 0) is 0 Å². The van der Waals surface area contributed by atoms with E-state index in [-0.39, 0.29) is 0 Å². The third kappa shape index (κ3) is 7.12. The van der Waals surface area contributed by atoms with E-state index in [2.05, 4.69) is 9.72 Å². The zero-order valence-corrected chi connectivity index (χ0v) is 27.4. The number of nitrogens with one attached hydrogen (secondary N) is 2. The number of nitrogens with zero attached hydrogens (tertiary/aromatic N) is 1. The van der Waals surface area contributed by atoms with Crippen LogP contribution in [0.15, 0.2) is 102 Å². The molecule has 0 aromatic heterocycles. The molecule has 0 aliphatic carbocycles. The summed E-state index contributed by atoms with van der Waals surface area (Å²) in [6.45, 7) is 0. The molecule has 1 aliphatic heterocycles. The Balaban J connectivity index is 1.72. The predicted octanol–water partition coefficient (Wildman–Crippen LogP) is 6.21. The number of rotatable bonds is 12. The summed E-state index contributed by atoms with van der Waals surface area (Å²) in [6.07, 6.45) is 0. The zero-order chi connectivity index (χ0) is 31.2. The minimum absolute atomic E-state index is 0.326. The van der Waals surface area contributed by atoms with Crippen molar-refractivity contribution in [3.8, 4) is 46.0 Å². The quantitative estimate of drug-likeness (QED) is 0.127. The summed E-state index contributed by atoms with van der Waals surface area (Å²) >= 11 is 0. The van der Waals surface area contributed by atoms with Crippen LogP contribution in [-0.2, 0) is 0 Å². The Kier molecular flexibility index (Phi) is 9.68. The van der Waals surface area contributed by atoms with Crippen molar-refractivity contribution >= 4 is 23.5 Å². The second-order valence-corrected chi connectivity index (χ2v) is 16.7. The number of methoxy groups -OCH3 is 4. The molecule has 16 heteroatoms. The van der Waals surface area contributed by atoms with Gasteiger partial charge in [0.15, 0.2) is 0 Å². The van der Waals surface area contributed by atoms with Crippen LogP contribution in [0.25, 0.3) is 0 Å². The molecule has 236 valence electrons. The van der Waals surface area contributed by atoms with Gasteiger partial charge in [0.2, 0.25) is 0 Å². The molecule has 44 heavy (non-hydrogen) atoms. The van der Waals surface area contributed by atoms with E-state index in [1.54, 1.807) is 72.8 Å². The number of nitrogens with two attached hydrogens (primary N) is 2. The number of hydrogen-bond donors (Lipinski definition) is 4. The molecule has 0 unspecified atom stereocenters. The third-order valence-corrected chi connectivity index (χ3v) is 15.8. The van der Waals surface area contributed by atoms with Crippen LogP contribution in [0.5, 0.6) is 46.0 Å². The van der Waals surface area contributed by atoms with Crippen molar-refractivity contribution in [3.63, 3.8) is 0 Å². The Bertz CT molecular complexity index is 1560. The standard InChI is InChI=1S/C28H36N5O8P3/c1-34-21-13-5-9-17-25(21)38-43(39-26-18-10-6-14-22(26)35-2)31-42(29,30)32-44(33-43,40-27-19-11-7-15-23(27)36-3)41-28-20-12-8-16-24(28)37-4/h5-20,31,33,43-44H,29-30H2,1-4H3. The van der Waals surface area contributed by atoms with Crippen molar-refractivity contribution in [3.05, 3.63) is 97.1 Å². The van der Waals surface area contributed by atoms with E-state index in [1.165, 1.54) is 28.4 Å². The molecule has 0 fully saturated rings. The minimum atomic E-state index is -4.21. The normalized spacial score (nSPS) is 17.5. The molecular weight excluding hydrogens is 627 g/mol. The second-order valence-electron chi connectivity index (χ2n) is 9.29. The third-order valence-electron chi connectivity index (χ3n) is 6.23. The summed E-state index contributed by atoms with van der Waals surface area (Å²) in [5, 5.41) is 0. The van der Waals surface area contributed by atoms with Gasteiger partial charge in [-0.25, -0.2) is 0 Å². The number of para-hydroxylation sites is 8. The van der Waals surface area contributed by atoms with E-state index in [1.807, 2.05) is 24.3 Å². The van der Waals surface area contributed by atoms with Crippen LogP contribution in [0, 0.1) is 0 Å². The number of hydrogen-bond acceptors (Lipinski definition) is 13. The van der Waals surface area contributed by atoms with Gasteiger partial charge in [0.1, 0.15) is 0 Å². The van der Waals surface area contributed by atoms with Crippen LogP contribution in [-0.4, -0.2) is 28.4 Å². The molecule has 4 aromatic carbocycles. The molecule has 5 rings (SSSR count). The van der Waals surface area contributed by atoms with E-state index in [0.29, 0.717) is 46.0 Å². The van der Waals surface area contributed by atoms with E-state index >= 15 is 0 Å². The summed E-state index contributed by atoms with van der Waals surface area (Å²) in [6, 6.07) is 28.3. The molecule has 0 amide bonds. The van der Waals surface area contributed by atoms with Crippen LogP contribution in [0.2, 0.25) is 0 Å². The maximum atomic E-state index is 6.72. The predicted molar refractivity (Wildman–Crippen MR) is 175 cm³/mol. The fourth-order valence-corrected chi connectivity index (χ4v) is 15.2. The van der Waals surface area contributed by atoms with Crippen LogP contribution in [0.3, 0.4) is 0 Å². The summed E-state index contributed by atoms with van der Waals surface area (Å²) < 4.78 is 53.8. The molecule has 4 aromatic rings. The van der Waals surface area contributed by atoms with E-state index in [4.69, 9.17) is 52.6 Å². The van der Waals surface area contributed by atoms with Gasteiger partial charge in [-0.3, -0.25) is 0 Å². The zero-order valence-electron chi connectivity index (χ0n) is 24.6. The maximum absolute atomic E-state index is 6.72. The van der Waals surface area contributed by atoms with E-state index < -0.39 is 23.5 Å². The molecular formula is C28H36N5O8P3. The molecule has 0 bridgehead atoms. The van der Waals surface area contributed by atoms with Crippen LogP contribution >= 0.6 is 23.5 Å². The van der Waals surface area contributed by atoms with Crippen LogP contribution in [0.1, 0.15) is 0 Å². The Hall–Kier alpha value is -3.79. The molecule has 0 saturated carbocycles. The van der Waals surface area contributed by atoms with Crippen molar-refractivity contribution in [2.45, 2.75) is 0 Å². The SMILES string of the molecule is COc1ccccc1O[PH]1(Oc2ccccc2OC)N=P(N)(N)N[PH](Oc2ccccc2OC)(Oc2ccccc2OC)N1. The molecule has 0 spiro atoms. The summed E-state index contributed by atoms with van der Waals surface area (Å²) in [5.74, 6) is 3.08. The van der Waals surface area contributed by atoms with Crippen molar-refractivity contribution in [2.75, 3.05) is 28.4 Å². The fraction of sp³-hybridized carbons (Fsp3) is 0.143. The first-order valence-corrected chi connectivity index (χ1v) is 18.8. The van der Waals surface area contributed by atoms with E-state index in [0.717, 1.165) is 0 Å². The first-order valence-electron chi connectivity index (χ1n) is 13.3. The van der Waals surface area contributed by atoms with Gasteiger partial charge in [-0.15, -0.1) is 0 Å². The van der Waals surface area contributed by atoms with Crippen molar-refractivity contribution < 1.29 is 37.0 Å². The Labute approximate surface area is 257 Å². The molecule has 0 radical (unpaired) electrons. The summed E-state index contributed by atoms with van der Waals surface area (Å²) in [4.78, 5) is 6.57. The van der Waals surface area contributed by atoms with Gasteiger partial charge >= 0.3 is 257 Å². The Morgan fingerprint density at radius 1 is 0.500 bits per heavy atom. The Morgan fingerprint density at radius 3 is 1.11 bits per heavy atom. The first kappa shape index (κ1) is 31.6. The summed E-state index contributed by atoms with van der Waals surface area (Å²) in [5.41, 5.74) is 13.4. The monoisotopic (exact) mass is 663 g/mol. The number of benzene rings is 4. The topological polar surface area (TPSA) is 162 Å². The Morgan fingerprint density at radius 2 is 0.795 bits per heavy atom. The molecule has 0 atom stereocenters. The van der Waals surface area contributed by atoms with Gasteiger partial charge in [0.05, 0.1) is 0 Å². The van der Waals surface area contributed by atoms with Crippen molar-refractivity contribution in [1.82, 2.24) is 9.72 Å². The fourth-order valence-electron chi connectivity index (χ4n) is 4.39. The number of ether oxygens (including phenoxy) is 4. The van der Waals surface area contributed by atoms with Gasteiger partial charge in [-0.1, -0.05) is 0 Å². The van der Waals surface area contributed by atoms with Crippen molar-refractivity contribution in [2.24, 2.45) is 15.5 Å². The van der Waals surface area contributed by atoms with Crippen LogP contribution in [0.4, 0.5) is 0 Å². The van der Waals surface area contributed by atoms with Gasteiger partial charge in [0.25, 0.3) is 0 Å². The summed E-state index contributed by atoms with van der Waals surface area (Å²) in [7, 11) is -5.65. The average Bonchev–Trinajstić information content (AvgIpc) is 3.01. The molecule has 6 N–H and O–H groups in total. The van der Waals surface area contributed by atoms with Crippen LogP contribution < -0.4 is 57.8 Å². The molecule has 1 heterocycles. The average molecular weight is 664 g/mol. The van der Waals surface area contributed by atoms with E-state index in [9.17, 15) is 0 Å². The molecule has 13 nitrogen and oxygen atoms in total. The molecule has 1 aliphatic rings. The van der Waals surface area contributed by atoms with Crippen molar-refractivity contribution in [1.29, 1.82) is 0 Å². The molecule has 0 saturated heterocycles. The van der Waals surface area contributed by atoms with Gasteiger partial charge in [-0.2, -0.15) is 0 Å². The first-order chi connectivity index (χ1) is 21.2. The second kappa shape index (κ2) is 13.5.